The van der Waals surface area contributed by atoms with Crippen molar-refractivity contribution in [2.75, 3.05) is 24.6 Å². The molecule has 0 aromatic carbocycles. The average molecular weight is 346 g/mol. The van der Waals surface area contributed by atoms with Crippen molar-refractivity contribution in [1.82, 2.24) is 4.90 Å². The minimum Gasteiger partial charge on any atom is -0.340 e. The van der Waals surface area contributed by atoms with Crippen LogP contribution in [0.3, 0.4) is 0 Å². The predicted molar refractivity (Wildman–Crippen MR) is 96.1 cm³/mol. The zero-order valence-electron chi connectivity index (χ0n) is 15.8. The van der Waals surface area contributed by atoms with Gasteiger partial charge in [-0.25, -0.2) is 8.42 Å². The Morgan fingerprint density at radius 3 is 1.96 bits per heavy atom. The van der Waals surface area contributed by atoms with E-state index in [4.69, 9.17) is 0 Å². The van der Waals surface area contributed by atoms with E-state index < -0.39 is 9.84 Å². The quantitative estimate of drug-likeness (QED) is 0.717. The largest absolute Gasteiger partial charge is 0.340 e. The molecular weight excluding hydrogens is 310 g/mol. The van der Waals surface area contributed by atoms with Gasteiger partial charge in [0.15, 0.2) is 9.84 Å². The molecule has 1 heterocycles. The third-order valence-corrected chi connectivity index (χ3v) is 6.28. The van der Waals surface area contributed by atoms with Crippen molar-refractivity contribution < 1.29 is 13.2 Å². The van der Waals surface area contributed by atoms with Crippen molar-refractivity contribution in [3.63, 3.8) is 0 Å². The standard InChI is InChI=1S/C18H35NO3S/c1-17(2,3)10-8-7-9-15(18(4,5)6)16(20)19-11-13-23(21,22)14-12-19/h15H,7-14H2,1-6H3. The normalized spacial score (nSPS) is 20.3. The molecule has 136 valence electrons. The van der Waals surface area contributed by atoms with Crippen molar-refractivity contribution in [3.05, 3.63) is 0 Å². The van der Waals surface area contributed by atoms with Gasteiger partial charge in [0.25, 0.3) is 0 Å². The first kappa shape index (κ1) is 20.5. The average Bonchev–Trinajstić information content (AvgIpc) is 2.35. The maximum atomic E-state index is 12.9. The highest BCUT2D eigenvalue weighted by Crippen LogP contribution is 2.33. The van der Waals surface area contributed by atoms with Crippen molar-refractivity contribution in [2.45, 2.75) is 67.2 Å². The molecule has 1 atom stereocenters. The molecule has 5 heteroatoms. The van der Waals surface area contributed by atoms with Gasteiger partial charge in [0.1, 0.15) is 0 Å². The number of nitrogens with zero attached hydrogens (tertiary/aromatic N) is 1. The van der Waals surface area contributed by atoms with Gasteiger partial charge in [0, 0.05) is 19.0 Å². The third kappa shape index (κ3) is 7.23. The lowest BCUT2D eigenvalue weighted by molar-refractivity contribution is -0.139. The molecule has 0 bridgehead atoms. The molecule has 0 N–H and O–H groups in total. The monoisotopic (exact) mass is 345 g/mol. The highest BCUT2D eigenvalue weighted by Gasteiger charge is 2.35. The van der Waals surface area contributed by atoms with E-state index in [2.05, 4.69) is 41.5 Å². The van der Waals surface area contributed by atoms with E-state index in [-0.39, 0.29) is 28.7 Å². The zero-order valence-corrected chi connectivity index (χ0v) is 16.6. The zero-order chi connectivity index (χ0) is 17.9. The van der Waals surface area contributed by atoms with Crippen LogP contribution in [0.1, 0.15) is 67.2 Å². The van der Waals surface area contributed by atoms with Crippen LogP contribution in [0.15, 0.2) is 0 Å². The van der Waals surface area contributed by atoms with E-state index in [1.165, 1.54) is 6.42 Å². The summed E-state index contributed by atoms with van der Waals surface area (Å²) >= 11 is 0. The minimum atomic E-state index is -2.94. The number of rotatable bonds is 5. The Hall–Kier alpha value is -0.580. The molecule has 0 radical (unpaired) electrons. The van der Waals surface area contributed by atoms with Crippen LogP contribution >= 0.6 is 0 Å². The Morgan fingerprint density at radius 1 is 1.00 bits per heavy atom. The van der Waals surface area contributed by atoms with Gasteiger partial charge in [-0.1, -0.05) is 54.4 Å². The third-order valence-electron chi connectivity index (χ3n) is 4.67. The Bertz CT molecular complexity index is 483. The van der Waals surface area contributed by atoms with Gasteiger partial charge in [-0.2, -0.15) is 0 Å². The fourth-order valence-corrected chi connectivity index (χ4v) is 4.29. The Kier molecular flexibility index (Phi) is 6.71. The number of hydrogen-bond acceptors (Lipinski definition) is 3. The second-order valence-corrected chi connectivity index (χ2v) is 11.5. The summed E-state index contributed by atoms with van der Waals surface area (Å²) in [6, 6.07) is 0. The molecule has 23 heavy (non-hydrogen) atoms. The summed E-state index contributed by atoms with van der Waals surface area (Å²) in [5.74, 6) is 0.339. The van der Waals surface area contributed by atoms with Gasteiger partial charge in [-0.3, -0.25) is 4.79 Å². The Morgan fingerprint density at radius 2 is 1.52 bits per heavy atom. The van der Waals surface area contributed by atoms with E-state index in [1.54, 1.807) is 4.90 Å². The molecule has 0 aliphatic carbocycles. The molecule has 0 spiro atoms. The van der Waals surface area contributed by atoms with Crippen LogP contribution in [0, 0.1) is 16.7 Å². The summed E-state index contributed by atoms with van der Waals surface area (Å²) in [6.45, 7) is 13.8. The Labute approximate surface area is 142 Å². The number of unbranched alkanes of at least 4 members (excludes halogenated alkanes) is 1. The highest BCUT2D eigenvalue weighted by molar-refractivity contribution is 7.91. The van der Waals surface area contributed by atoms with Crippen molar-refractivity contribution in [3.8, 4) is 0 Å². The second kappa shape index (κ2) is 7.54. The number of hydrogen-bond donors (Lipinski definition) is 0. The lowest BCUT2D eigenvalue weighted by Gasteiger charge is -2.36. The molecule has 0 aromatic heterocycles. The fraction of sp³-hybridized carbons (Fsp3) is 0.944. The maximum Gasteiger partial charge on any atom is 0.226 e. The summed E-state index contributed by atoms with van der Waals surface area (Å²) in [4.78, 5) is 14.6. The van der Waals surface area contributed by atoms with E-state index in [9.17, 15) is 13.2 Å². The topological polar surface area (TPSA) is 54.5 Å². The summed E-state index contributed by atoms with van der Waals surface area (Å²) < 4.78 is 23.1. The molecular formula is C18H35NO3S. The van der Waals surface area contributed by atoms with E-state index >= 15 is 0 Å². The number of sulfone groups is 1. The maximum absolute atomic E-state index is 12.9. The van der Waals surface area contributed by atoms with Crippen LogP contribution in [-0.2, 0) is 14.6 Å². The summed E-state index contributed by atoms with van der Waals surface area (Å²) in [7, 11) is -2.94. The molecule has 4 nitrogen and oxygen atoms in total. The van der Waals surface area contributed by atoms with Crippen LogP contribution < -0.4 is 0 Å². The van der Waals surface area contributed by atoms with Crippen LogP contribution in [0.5, 0.6) is 0 Å². The number of carbonyl (C=O) groups excluding carboxylic acids is 1. The smallest absolute Gasteiger partial charge is 0.226 e. The van der Waals surface area contributed by atoms with Gasteiger partial charge in [0.05, 0.1) is 11.5 Å². The predicted octanol–water partition coefficient (Wildman–Crippen LogP) is 3.51. The van der Waals surface area contributed by atoms with Gasteiger partial charge in [-0.15, -0.1) is 0 Å². The van der Waals surface area contributed by atoms with E-state index in [0.29, 0.717) is 18.5 Å². The fourth-order valence-electron chi connectivity index (χ4n) is 3.08. The number of carbonyl (C=O) groups is 1. The van der Waals surface area contributed by atoms with Crippen LogP contribution in [-0.4, -0.2) is 43.8 Å². The lowest BCUT2D eigenvalue weighted by atomic mass is 9.76. The molecule has 1 amide bonds. The van der Waals surface area contributed by atoms with Gasteiger partial charge in [-0.05, 0) is 23.7 Å². The molecule has 0 aromatic rings. The molecule has 1 aliphatic heterocycles. The number of amides is 1. The van der Waals surface area contributed by atoms with Crippen molar-refractivity contribution >= 4 is 15.7 Å². The summed E-state index contributed by atoms with van der Waals surface area (Å²) in [6.07, 6.45) is 4.25. The summed E-state index contributed by atoms with van der Waals surface area (Å²) in [5, 5.41) is 0. The van der Waals surface area contributed by atoms with Crippen LogP contribution in [0.25, 0.3) is 0 Å². The van der Waals surface area contributed by atoms with E-state index in [0.717, 1.165) is 19.3 Å². The molecule has 1 aliphatic rings. The van der Waals surface area contributed by atoms with Crippen LogP contribution in [0.2, 0.25) is 0 Å². The second-order valence-electron chi connectivity index (χ2n) is 9.20. The SMILES string of the molecule is CC(C)(C)CCCCC(C(=O)N1CCS(=O)(=O)CC1)C(C)(C)C. The Balaban J connectivity index is 2.62. The minimum absolute atomic E-state index is 0.0247. The molecule has 1 unspecified atom stereocenters. The molecule has 1 saturated heterocycles. The van der Waals surface area contributed by atoms with Crippen molar-refractivity contribution in [2.24, 2.45) is 16.7 Å². The van der Waals surface area contributed by atoms with Gasteiger partial charge >= 0.3 is 0 Å². The van der Waals surface area contributed by atoms with Gasteiger partial charge in [0.2, 0.25) is 5.91 Å². The molecule has 1 fully saturated rings. The van der Waals surface area contributed by atoms with Crippen LogP contribution in [0.4, 0.5) is 0 Å². The lowest BCUT2D eigenvalue weighted by Crippen LogP contribution is -2.48. The first-order valence-corrected chi connectivity index (χ1v) is 10.6. The summed E-state index contributed by atoms with van der Waals surface area (Å²) in [5.41, 5.74) is 0.248. The van der Waals surface area contributed by atoms with Crippen molar-refractivity contribution in [1.29, 1.82) is 0 Å². The highest BCUT2D eigenvalue weighted by atomic mass is 32.2. The first-order valence-electron chi connectivity index (χ1n) is 8.81. The molecule has 0 saturated carbocycles. The molecule has 1 rings (SSSR count). The first-order chi connectivity index (χ1) is 10.3. The van der Waals surface area contributed by atoms with Gasteiger partial charge < -0.3 is 4.90 Å². The van der Waals surface area contributed by atoms with E-state index in [1.807, 2.05) is 0 Å².